The zero-order chi connectivity index (χ0) is 23.8. The Balaban J connectivity index is 1.49. The molecule has 0 unspecified atom stereocenters. The Labute approximate surface area is 194 Å². The van der Waals surface area contributed by atoms with Gasteiger partial charge in [0.2, 0.25) is 5.43 Å². The first-order valence-electron chi connectivity index (χ1n) is 10.9. The molecule has 8 heteroatoms. The lowest BCUT2D eigenvalue weighted by molar-refractivity contribution is 0.248. The maximum Gasteiger partial charge on any atom is 0.201 e. The number of anilines is 1. The van der Waals surface area contributed by atoms with Crippen molar-refractivity contribution >= 4 is 16.7 Å². The molecular formula is C26H23FN2O5. The second-order valence-electron chi connectivity index (χ2n) is 8.36. The van der Waals surface area contributed by atoms with Crippen molar-refractivity contribution in [3.05, 3.63) is 82.3 Å². The number of piperazine rings is 1. The predicted octanol–water partition coefficient (Wildman–Crippen LogP) is 4.04. The van der Waals surface area contributed by atoms with Crippen LogP contribution in [0.2, 0.25) is 0 Å². The summed E-state index contributed by atoms with van der Waals surface area (Å²) >= 11 is 0. The number of hydrogen-bond acceptors (Lipinski definition) is 7. The van der Waals surface area contributed by atoms with Gasteiger partial charge in [-0.25, -0.2) is 4.39 Å². The topological polar surface area (TPSA) is 97.4 Å². The van der Waals surface area contributed by atoms with Gasteiger partial charge in [0, 0.05) is 56.1 Å². The molecule has 5 rings (SSSR count). The maximum absolute atomic E-state index is 13.5. The van der Waals surface area contributed by atoms with Crippen LogP contribution >= 0.6 is 0 Å². The van der Waals surface area contributed by atoms with Gasteiger partial charge in [0.15, 0.2) is 0 Å². The molecule has 0 amide bonds. The zero-order valence-electron chi connectivity index (χ0n) is 18.2. The van der Waals surface area contributed by atoms with Crippen molar-refractivity contribution in [2.24, 2.45) is 0 Å². The largest absolute Gasteiger partial charge is 0.508 e. The molecule has 1 aliphatic rings. The highest BCUT2D eigenvalue weighted by Crippen LogP contribution is 2.33. The molecule has 2 heterocycles. The predicted molar refractivity (Wildman–Crippen MR) is 127 cm³/mol. The molecule has 1 aromatic heterocycles. The second-order valence-corrected chi connectivity index (χ2v) is 8.36. The van der Waals surface area contributed by atoms with E-state index in [1.807, 2.05) is 0 Å². The van der Waals surface area contributed by atoms with E-state index in [2.05, 4.69) is 9.80 Å². The van der Waals surface area contributed by atoms with E-state index >= 15 is 0 Å². The number of hydrogen-bond donors (Lipinski definition) is 3. The van der Waals surface area contributed by atoms with Crippen LogP contribution in [0, 0.1) is 5.82 Å². The second kappa shape index (κ2) is 8.72. The maximum atomic E-state index is 13.5. The van der Waals surface area contributed by atoms with Crippen LogP contribution in [-0.2, 0) is 6.54 Å². The van der Waals surface area contributed by atoms with Gasteiger partial charge < -0.3 is 24.6 Å². The fourth-order valence-corrected chi connectivity index (χ4v) is 4.35. The molecule has 0 radical (unpaired) electrons. The smallest absolute Gasteiger partial charge is 0.201 e. The molecule has 0 bridgehead atoms. The van der Waals surface area contributed by atoms with Crippen LogP contribution in [0.3, 0.4) is 0 Å². The van der Waals surface area contributed by atoms with E-state index < -0.39 is 0 Å². The van der Waals surface area contributed by atoms with Crippen LogP contribution in [0.5, 0.6) is 17.2 Å². The molecule has 0 spiro atoms. The molecule has 3 N–H and O–H groups in total. The summed E-state index contributed by atoms with van der Waals surface area (Å²) in [6.07, 6.45) is 0. The minimum Gasteiger partial charge on any atom is -0.508 e. The van der Waals surface area contributed by atoms with Crippen LogP contribution in [-0.4, -0.2) is 46.4 Å². The summed E-state index contributed by atoms with van der Waals surface area (Å²) in [6, 6.07) is 15.1. The zero-order valence-corrected chi connectivity index (χ0v) is 18.2. The minimum absolute atomic E-state index is 0.0141. The van der Waals surface area contributed by atoms with E-state index in [1.165, 1.54) is 30.3 Å². The molecule has 0 saturated carbocycles. The number of aromatic hydroxyl groups is 3. The Morgan fingerprint density at radius 1 is 0.853 bits per heavy atom. The van der Waals surface area contributed by atoms with Crippen LogP contribution in [0.25, 0.3) is 22.3 Å². The molecule has 0 aliphatic carbocycles. The van der Waals surface area contributed by atoms with Crippen molar-refractivity contribution in [3.63, 3.8) is 0 Å². The normalized spacial score (nSPS) is 14.6. The Morgan fingerprint density at radius 2 is 1.53 bits per heavy atom. The third-order valence-electron chi connectivity index (χ3n) is 6.13. The number of halogens is 1. The molecule has 0 atom stereocenters. The molecule has 4 aromatic rings. The fourth-order valence-electron chi connectivity index (χ4n) is 4.35. The van der Waals surface area contributed by atoms with Crippen LogP contribution < -0.4 is 10.3 Å². The summed E-state index contributed by atoms with van der Waals surface area (Å²) in [5.41, 5.74) is 1.63. The fraction of sp³-hybridized carbons (Fsp3) is 0.192. The SMILES string of the molecule is O=c1c(CN2CCN(c3ccc(F)cc3)CC2)c(-c2ccc(O)cc2)oc2cc(O)cc(O)c12. The molecule has 1 fully saturated rings. The lowest BCUT2D eigenvalue weighted by Crippen LogP contribution is -2.46. The number of phenolic OH excluding ortho intramolecular Hbond substituents is 3. The summed E-state index contributed by atoms with van der Waals surface area (Å²) in [5, 5.41) is 29.9. The Morgan fingerprint density at radius 3 is 2.21 bits per heavy atom. The van der Waals surface area contributed by atoms with E-state index in [0.29, 0.717) is 49.6 Å². The minimum atomic E-state index is -0.372. The van der Waals surface area contributed by atoms with E-state index in [9.17, 15) is 24.5 Å². The van der Waals surface area contributed by atoms with E-state index in [-0.39, 0.29) is 39.5 Å². The molecule has 34 heavy (non-hydrogen) atoms. The number of fused-ring (bicyclic) bond motifs is 1. The van der Waals surface area contributed by atoms with Crippen molar-refractivity contribution in [3.8, 4) is 28.6 Å². The third kappa shape index (κ3) is 4.15. The van der Waals surface area contributed by atoms with Crippen LogP contribution in [0.1, 0.15) is 5.56 Å². The summed E-state index contributed by atoms with van der Waals surface area (Å²) in [7, 11) is 0. The van der Waals surface area contributed by atoms with Gasteiger partial charge in [0.05, 0.1) is 5.56 Å². The van der Waals surface area contributed by atoms with Gasteiger partial charge in [0.25, 0.3) is 0 Å². The van der Waals surface area contributed by atoms with Crippen molar-refractivity contribution in [1.82, 2.24) is 4.90 Å². The summed E-state index contributed by atoms with van der Waals surface area (Å²) in [6.45, 7) is 3.05. The van der Waals surface area contributed by atoms with Crippen molar-refractivity contribution < 1.29 is 24.1 Å². The molecule has 1 aliphatic heterocycles. The van der Waals surface area contributed by atoms with Gasteiger partial charge in [0.1, 0.15) is 39.8 Å². The van der Waals surface area contributed by atoms with E-state index in [4.69, 9.17) is 4.42 Å². The van der Waals surface area contributed by atoms with Crippen molar-refractivity contribution in [2.45, 2.75) is 6.54 Å². The summed E-state index contributed by atoms with van der Waals surface area (Å²) in [5.74, 6) is -0.425. The summed E-state index contributed by atoms with van der Waals surface area (Å²) in [4.78, 5) is 17.8. The standard InChI is InChI=1S/C26H23FN2O5/c27-17-3-5-18(6-4-17)29-11-9-28(10-12-29)15-21-25(33)24-22(32)13-20(31)14-23(24)34-26(21)16-1-7-19(30)8-2-16/h1-8,13-14,30-32H,9-12,15H2. The van der Waals surface area contributed by atoms with Crippen molar-refractivity contribution in [1.29, 1.82) is 0 Å². The van der Waals surface area contributed by atoms with Gasteiger partial charge in [-0.15, -0.1) is 0 Å². The van der Waals surface area contributed by atoms with Crippen LogP contribution in [0.15, 0.2) is 69.9 Å². The monoisotopic (exact) mass is 462 g/mol. The molecule has 7 nitrogen and oxygen atoms in total. The van der Waals surface area contributed by atoms with Gasteiger partial charge in [-0.1, -0.05) is 0 Å². The Bertz CT molecular complexity index is 1390. The first kappa shape index (κ1) is 21.8. The molecule has 174 valence electrons. The molecular weight excluding hydrogens is 439 g/mol. The van der Waals surface area contributed by atoms with Gasteiger partial charge in [-0.05, 0) is 48.5 Å². The van der Waals surface area contributed by atoms with E-state index in [0.717, 1.165) is 11.8 Å². The average Bonchev–Trinajstić information content (AvgIpc) is 2.82. The van der Waals surface area contributed by atoms with Gasteiger partial charge in [-0.2, -0.15) is 0 Å². The first-order chi connectivity index (χ1) is 16.4. The lowest BCUT2D eigenvalue weighted by Gasteiger charge is -2.36. The van der Waals surface area contributed by atoms with Crippen LogP contribution in [0.4, 0.5) is 10.1 Å². The molecule has 3 aromatic carbocycles. The first-order valence-corrected chi connectivity index (χ1v) is 10.9. The highest BCUT2D eigenvalue weighted by molar-refractivity contribution is 5.87. The number of rotatable bonds is 4. The van der Waals surface area contributed by atoms with Crippen molar-refractivity contribution in [2.75, 3.05) is 31.1 Å². The number of nitrogens with zero attached hydrogens (tertiary/aromatic N) is 2. The Hall–Kier alpha value is -4.04. The third-order valence-corrected chi connectivity index (χ3v) is 6.13. The Kier molecular flexibility index (Phi) is 5.59. The lowest BCUT2D eigenvalue weighted by atomic mass is 10.0. The number of phenols is 3. The summed E-state index contributed by atoms with van der Waals surface area (Å²) < 4.78 is 19.3. The van der Waals surface area contributed by atoms with E-state index in [1.54, 1.807) is 24.3 Å². The van der Waals surface area contributed by atoms with Gasteiger partial charge >= 0.3 is 0 Å². The van der Waals surface area contributed by atoms with Gasteiger partial charge in [-0.3, -0.25) is 9.69 Å². The quantitative estimate of drug-likeness (QED) is 0.421. The molecule has 1 saturated heterocycles. The average molecular weight is 462 g/mol. The highest BCUT2D eigenvalue weighted by Gasteiger charge is 2.24. The highest BCUT2D eigenvalue weighted by atomic mass is 19.1. The number of benzene rings is 3.